The summed E-state index contributed by atoms with van der Waals surface area (Å²) in [5.41, 5.74) is 5.63. The third-order valence-corrected chi connectivity index (χ3v) is 2.61. The largest absolute Gasteiger partial charge is 0.386 e. The highest BCUT2D eigenvalue weighted by molar-refractivity contribution is 5.85. The molecule has 0 unspecified atom stereocenters. The van der Waals surface area contributed by atoms with Crippen molar-refractivity contribution in [2.45, 2.75) is 37.8 Å². The van der Waals surface area contributed by atoms with Gasteiger partial charge in [0.2, 0.25) is 0 Å². The van der Waals surface area contributed by atoms with Crippen molar-refractivity contribution < 1.29 is 0 Å². The van der Waals surface area contributed by atoms with E-state index in [2.05, 4.69) is 10.3 Å². The molecule has 2 rings (SSSR count). The molecule has 2 atom stereocenters. The highest BCUT2D eigenvalue weighted by Crippen LogP contribution is 2.22. The van der Waals surface area contributed by atoms with Gasteiger partial charge in [-0.05, 0) is 12.8 Å². The molecule has 2 aliphatic rings. The third kappa shape index (κ3) is 3.01. The van der Waals surface area contributed by atoms with Crippen LogP contribution in [0.1, 0.15) is 25.7 Å². The van der Waals surface area contributed by atoms with Crippen LogP contribution < -0.4 is 11.1 Å². The molecular weight excluding hydrogens is 209 g/mol. The molecule has 1 aliphatic heterocycles. The van der Waals surface area contributed by atoms with Crippen LogP contribution in [0.5, 0.6) is 0 Å². The Morgan fingerprint density at radius 2 is 1.92 bits per heavy atom. The SMILES string of the molecule is Cl.Cl.NC1=N[C@H]2CCCC[C@H]2NC1. The molecule has 0 aromatic rings. The molecule has 3 nitrogen and oxygen atoms in total. The Kier molecular flexibility index (Phi) is 5.68. The maximum absolute atomic E-state index is 5.63. The molecule has 13 heavy (non-hydrogen) atoms. The maximum Gasteiger partial charge on any atom is 0.108 e. The fraction of sp³-hybridized carbons (Fsp3) is 0.875. The Hall–Kier alpha value is 0.01000. The van der Waals surface area contributed by atoms with Crippen molar-refractivity contribution in [3.63, 3.8) is 0 Å². The third-order valence-electron chi connectivity index (χ3n) is 2.61. The van der Waals surface area contributed by atoms with Crippen molar-refractivity contribution in [3.8, 4) is 0 Å². The van der Waals surface area contributed by atoms with Crippen molar-refractivity contribution in [1.82, 2.24) is 5.32 Å². The van der Waals surface area contributed by atoms with E-state index in [1.54, 1.807) is 0 Å². The lowest BCUT2D eigenvalue weighted by Crippen LogP contribution is -2.49. The standard InChI is InChI=1S/C8H15N3.2ClH/c9-8-5-10-6-3-1-2-4-7(6)11-8;;/h6-7,10H,1-5H2,(H2,9,11);2*1H/t6-,7+;;/m1../s1. The minimum absolute atomic E-state index is 0. The first-order valence-corrected chi connectivity index (χ1v) is 4.42. The lowest BCUT2D eigenvalue weighted by atomic mass is 9.90. The minimum atomic E-state index is 0. The summed E-state index contributed by atoms with van der Waals surface area (Å²) in [5, 5.41) is 3.42. The number of fused-ring (bicyclic) bond motifs is 1. The first-order valence-electron chi connectivity index (χ1n) is 4.42. The second-order valence-electron chi connectivity index (χ2n) is 3.46. The first kappa shape index (κ1) is 13.0. The molecule has 5 heteroatoms. The molecule has 0 bridgehead atoms. The number of amidine groups is 1. The van der Waals surface area contributed by atoms with E-state index in [1.807, 2.05) is 0 Å². The Morgan fingerprint density at radius 3 is 2.69 bits per heavy atom. The van der Waals surface area contributed by atoms with E-state index < -0.39 is 0 Å². The molecule has 1 heterocycles. The zero-order valence-corrected chi connectivity index (χ0v) is 9.16. The molecule has 1 fully saturated rings. The van der Waals surface area contributed by atoms with Crippen molar-refractivity contribution in [2.24, 2.45) is 10.7 Å². The van der Waals surface area contributed by atoms with Crippen LogP contribution in [0.15, 0.2) is 4.99 Å². The van der Waals surface area contributed by atoms with Crippen molar-refractivity contribution in [3.05, 3.63) is 0 Å². The molecule has 0 saturated heterocycles. The van der Waals surface area contributed by atoms with Gasteiger partial charge in [-0.2, -0.15) is 0 Å². The predicted octanol–water partition coefficient (Wildman–Crippen LogP) is 1.10. The average Bonchev–Trinajstić information content (AvgIpc) is 2.04. The summed E-state index contributed by atoms with van der Waals surface area (Å²) < 4.78 is 0. The molecule has 0 amide bonds. The normalized spacial score (nSPS) is 31.8. The fourth-order valence-electron chi connectivity index (χ4n) is 2.00. The van der Waals surface area contributed by atoms with E-state index in [4.69, 9.17) is 5.73 Å². The van der Waals surface area contributed by atoms with Gasteiger partial charge in [0.15, 0.2) is 0 Å². The van der Waals surface area contributed by atoms with Gasteiger partial charge in [0, 0.05) is 6.04 Å². The molecule has 3 N–H and O–H groups in total. The number of nitrogens with zero attached hydrogens (tertiary/aromatic N) is 1. The van der Waals surface area contributed by atoms with Crippen LogP contribution >= 0.6 is 24.8 Å². The summed E-state index contributed by atoms with van der Waals surface area (Å²) in [7, 11) is 0. The molecule has 1 aliphatic carbocycles. The first-order chi connectivity index (χ1) is 5.36. The Morgan fingerprint density at radius 1 is 1.23 bits per heavy atom. The minimum Gasteiger partial charge on any atom is -0.386 e. The Bertz CT molecular complexity index is 184. The van der Waals surface area contributed by atoms with Crippen LogP contribution in [0, 0.1) is 0 Å². The quantitative estimate of drug-likeness (QED) is 0.649. The lowest BCUT2D eigenvalue weighted by Gasteiger charge is -2.33. The number of hydrogen-bond donors (Lipinski definition) is 2. The summed E-state index contributed by atoms with van der Waals surface area (Å²) in [4.78, 5) is 4.44. The summed E-state index contributed by atoms with van der Waals surface area (Å²) in [6, 6.07) is 1.11. The number of aliphatic imine (C=N–C) groups is 1. The molecule has 0 aromatic carbocycles. The number of halogens is 2. The van der Waals surface area contributed by atoms with Gasteiger partial charge < -0.3 is 11.1 Å². The molecule has 0 radical (unpaired) electrons. The molecule has 0 spiro atoms. The van der Waals surface area contributed by atoms with E-state index in [0.29, 0.717) is 12.1 Å². The van der Waals surface area contributed by atoms with Crippen LogP contribution in [-0.4, -0.2) is 24.5 Å². The van der Waals surface area contributed by atoms with E-state index in [9.17, 15) is 0 Å². The molecule has 78 valence electrons. The molecular formula is C8H17Cl2N3. The number of nitrogens with two attached hydrogens (primary N) is 1. The summed E-state index contributed by atoms with van der Waals surface area (Å²) >= 11 is 0. The predicted molar refractivity (Wildman–Crippen MR) is 60.2 cm³/mol. The van der Waals surface area contributed by atoms with Gasteiger partial charge in [-0.3, -0.25) is 4.99 Å². The number of nitrogens with one attached hydrogen (secondary N) is 1. The fourth-order valence-corrected chi connectivity index (χ4v) is 2.00. The van der Waals surface area contributed by atoms with Crippen LogP contribution in [0.4, 0.5) is 0 Å². The topological polar surface area (TPSA) is 50.4 Å². The van der Waals surface area contributed by atoms with Gasteiger partial charge in [-0.1, -0.05) is 12.8 Å². The Labute approximate surface area is 91.4 Å². The van der Waals surface area contributed by atoms with Gasteiger partial charge in [0.25, 0.3) is 0 Å². The maximum atomic E-state index is 5.63. The monoisotopic (exact) mass is 225 g/mol. The van der Waals surface area contributed by atoms with E-state index in [-0.39, 0.29) is 24.8 Å². The van der Waals surface area contributed by atoms with E-state index >= 15 is 0 Å². The van der Waals surface area contributed by atoms with Crippen molar-refractivity contribution >= 4 is 30.6 Å². The summed E-state index contributed by atoms with van der Waals surface area (Å²) in [6.45, 7) is 0.793. The zero-order chi connectivity index (χ0) is 7.68. The van der Waals surface area contributed by atoms with E-state index in [0.717, 1.165) is 12.4 Å². The highest BCUT2D eigenvalue weighted by Gasteiger charge is 2.26. The summed E-state index contributed by atoms with van der Waals surface area (Å²) in [5.74, 6) is 0.785. The number of rotatable bonds is 0. The zero-order valence-electron chi connectivity index (χ0n) is 7.53. The second kappa shape index (κ2) is 5.68. The molecule has 1 saturated carbocycles. The van der Waals surface area contributed by atoms with Crippen molar-refractivity contribution in [2.75, 3.05) is 6.54 Å². The second-order valence-corrected chi connectivity index (χ2v) is 3.46. The van der Waals surface area contributed by atoms with Gasteiger partial charge in [-0.25, -0.2) is 0 Å². The van der Waals surface area contributed by atoms with Crippen molar-refractivity contribution in [1.29, 1.82) is 0 Å². The van der Waals surface area contributed by atoms with Gasteiger partial charge >= 0.3 is 0 Å². The lowest BCUT2D eigenvalue weighted by molar-refractivity contribution is 0.329. The van der Waals surface area contributed by atoms with Gasteiger partial charge in [0.1, 0.15) is 5.84 Å². The smallest absolute Gasteiger partial charge is 0.108 e. The van der Waals surface area contributed by atoms with Crippen LogP contribution in [-0.2, 0) is 0 Å². The highest BCUT2D eigenvalue weighted by atomic mass is 35.5. The van der Waals surface area contributed by atoms with Crippen LogP contribution in [0.2, 0.25) is 0 Å². The van der Waals surface area contributed by atoms with Crippen LogP contribution in [0.25, 0.3) is 0 Å². The average molecular weight is 226 g/mol. The number of hydrogen-bond acceptors (Lipinski definition) is 3. The Balaban J connectivity index is 0.000000720. The van der Waals surface area contributed by atoms with Crippen LogP contribution in [0.3, 0.4) is 0 Å². The van der Waals surface area contributed by atoms with Gasteiger partial charge in [-0.15, -0.1) is 24.8 Å². The van der Waals surface area contributed by atoms with E-state index in [1.165, 1.54) is 25.7 Å². The summed E-state index contributed by atoms with van der Waals surface area (Å²) in [6.07, 6.45) is 5.17. The van der Waals surface area contributed by atoms with Gasteiger partial charge in [0.05, 0.1) is 12.6 Å². The molecule has 0 aromatic heterocycles.